The largest absolute Gasteiger partial charge is 0.444 e. The molecule has 1 aliphatic heterocycles. The molecule has 1 aliphatic rings. The van der Waals surface area contributed by atoms with Gasteiger partial charge in [-0.2, -0.15) is 4.31 Å². The highest BCUT2D eigenvalue weighted by molar-refractivity contribution is 7.88. The number of amides is 1. The average Bonchev–Trinajstić information content (AvgIpc) is 2.52. The third kappa shape index (κ3) is 6.32. The first kappa shape index (κ1) is 19.7. The fourth-order valence-corrected chi connectivity index (χ4v) is 4.75. The van der Waals surface area contributed by atoms with Gasteiger partial charge < -0.3 is 10.1 Å². The quantitative estimate of drug-likeness (QED) is 0.867. The second kappa shape index (κ2) is 8.19. The van der Waals surface area contributed by atoms with Crippen LogP contribution in [0.1, 0.15) is 45.6 Å². The summed E-state index contributed by atoms with van der Waals surface area (Å²) < 4.78 is 32.4. The fraction of sp³-hybridized carbons (Fsp3) is 0.611. The van der Waals surface area contributed by atoms with Crippen LogP contribution in [0.25, 0.3) is 0 Å². The number of hydrogen-bond donors (Lipinski definition) is 1. The molecule has 1 saturated heterocycles. The van der Waals surface area contributed by atoms with Crippen LogP contribution in [0.2, 0.25) is 0 Å². The molecule has 1 aromatic carbocycles. The van der Waals surface area contributed by atoms with Crippen LogP contribution in [0, 0.1) is 0 Å². The Morgan fingerprint density at radius 2 is 1.92 bits per heavy atom. The van der Waals surface area contributed by atoms with Crippen molar-refractivity contribution in [1.82, 2.24) is 9.62 Å². The van der Waals surface area contributed by atoms with Crippen molar-refractivity contribution in [2.45, 2.75) is 57.4 Å². The van der Waals surface area contributed by atoms with Crippen molar-refractivity contribution in [2.75, 3.05) is 13.1 Å². The number of alkyl carbamates (subject to hydrolysis) is 1. The maximum atomic E-state index is 12.8. The van der Waals surface area contributed by atoms with Gasteiger partial charge in [-0.25, -0.2) is 13.2 Å². The Morgan fingerprint density at radius 3 is 2.56 bits per heavy atom. The van der Waals surface area contributed by atoms with Gasteiger partial charge in [-0.15, -0.1) is 0 Å². The number of nitrogens with zero attached hydrogens (tertiary/aromatic N) is 1. The number of sulfonamides is 1. The summed E-state index contributed by atoms with van der Waals surface area (Å²) in [6.07, 6.45) is 2.03. The summed E-state index contributed by atoms with van der Waals surface area (Å²) in [6.45, 7) is 6.15. The molecule has 25 heavy (non-hydrogen) atoms. The fourth-order valence-electron chi connectivity index (χ4n) is 2.93. The molecule has 0 radical (unpaired) electrons. The van der Waals surface area contributed by atoms with Gasteiger partial charge in [0.2, 0.25) is 10.0 Å². The van der Waals surface area contributed by atoms with Crippen molar-refractivity contribution in [3.8, 4) is 0 Å². The maximum absolute atomic E-state index is 12.8. The highest BCUT2D eigenvalue weighted by Gasteiger charge is 2.32. The number of nitrogens with one attached hydrogen (secondary N) is 1. The van der Waals surface area contributed by atoms with E-state index in [4.69, 9.17) is 4.74 Å². The molecule has 0 aliphatic carbocycles. The first-order chi connectivity index (χ1) is 11.7. The van der Waals surface area contributed by atoms with Crippen LogP contribution in [0.3, 0.4) is 0 Å². The summed E-state index contributed by atoms with van der Waals surface area (Å²) in [6, 6.07) is 8.94. The zero-order valence-electron chi connectivity index (χ0n) is 15.2. The Labute approximate surface area is 150 Å². The molecule has 1 amide bonds. The maximum Gasteiger partial charge on any atom is 0.407 e. The molecule has 1 aromatic rings. The highest BCUT2D eigenvalue weighted by Crippen LogP contribution is 2.22. The van der Waals surface area contributed by atoms with E-state index in [2.05, 4.69) is 5.32 Å². The lowest BCUT2D eigenvalue weighted by molar-refractivity contribution is 0.0512. The number of rotatable bonds is 5. The summed E-state index contributed by atoms with van der Waals surface area (Å²) in [5.74, 6) is -0.0171. The highest BCUT2D eigenvalue weighted by atomic mass is 32.2. The number of hydrogen-bond acceptors (Lipinski definition) is 4. The lowest BCUT2D eigenvalue weighted by Gasteiger charge is -2.35. The lowest BCUT2D eigenvalue weighted by Crippen LogP contribution is -2.50. The molecule has 7 heteroatoms. The summed E-state index contributed by atoms with van der Waals surface area (Å²) in [4.78, 5) is 11.8. The van der Waals surface area contributed by atoms with Crippen molar-refractivity contribution in [3.63, 3.8) is 0 Å². The molecular formula is C18H28N2O4S. The van der Waals surface area contributed by atoms with Crippen molar-refractivity contribution in [3.05, 3.63) is 35.9 Å². The smallest absolute Gasteiger partial charge is 0.407 e. The van der Waals surface area contributed by atoms with E-state index in [9.17, 15) is 13.2 Å². The first-order valence-electron chi connectivity index (χ1n) is 8.68. The van der Waals surface area contributed by atoms with Gasteiger partial charge in [0, 0.05) is 19.1 Å². The average molecular weight is 368 g/mol. The summed E-state index contributed by atoms with van der Waals surface area (Å²) in [7, 11) is -3.43. The van der Waals surface area contributed by atoms with Crippen LogP contribution in [-0.4, -0.2) is 43.5 Å². The molecular weight excluding hydrogens is 340 g/mol. The monoisotopic (exact) mass is 368 g/mol. The number of ether oxygens (including phenoxy) is 1. The molecule has 6 nitrogen and oxygen atoms in total. The van der Waals surface area contributed by atoms with Crippen molar-refractivity contribution in [1.29, 1.82) is 0 Å². The third-order valence-electron chi connectivity index (χ3n) is 4.00. The summed E-state index contributed by atoms with van der Waals surface area (Å²) >= 11 is 0. The minimum Gasteiger partial charge on any atom is -0.444 e. The molecule has 0 saturated carbocycles. The van der Waals surface area contributed by atoms with Gasteiger partial charge in [-0.1, -0.05) is 36.8 Å². The number of benzene rings is 1. The van der Waals surface area contributed by atoms with Crippen LogP contribution in [0.5, 0.6) is 0 Å². The molecule has 0 bridgehead atoms. The molecule has 0 aromatic heterocycles. The normalized spacial score (nSPS) is 19.4. The molecule has 140 valence electrons. The topological polar surface area (TPSA) is 75.7 Å². The second-order valence-corrected chi connectivity index (χ2v) is 9.31. The molecule has 1 unspecified atom stereocenters. The number of carbonyl (C=O) groups is 1. The molecule has 2 rings (SSSR count). The van der Waals surface area contributed by atoms with Crippen LogP contribution in [-0.2, 0) is 20.5 Å². The lowest BCUT2D eigenvalue weighted by atomic mass is 10.1. The van der Waals surface area contributed by atoms with Gasteiger partial charge in [-0.3, -0.25) is 0 Å². The minimum atomic E-state index is -3.43. The van der Waals surface area contributed by atoms with Gasteiger partial charge in [-0.05, 0) is 39.2 Å². The zero-order valence-corrected chi connectivity index (χ0v) is 16.0. The Morgan fingerprint density at radius 1 is 1.24 bits per heavy atom. The minimum absolute atomic E-state index is 0.0171. The second-order valence-electron chi connectivity index (χ2n) is 7.38. The van der Waals surface area contributed by atoms with E-state index in [1.807, 2.05) is 30.3 Å². The molecule has 1 fully saturated rings. The van der Waals surface area contributed by atoms with Gasteiger partial charge in [0.15, 0.2) is 0 Å². The predicted molar refractivity (Wildman–Crippen MR) is 97.6 cm³/mol. The van der Waals surface area contributed by atoms with E-state index in [0.717, 1.165) is 24.8 Å². The van der Waals surface area contributed by atoms with Gasteiger partial charge >= 0.3 is 6.09 Å². The molecule has 1 atom stereocenters. The Hall–Kier alpha value is -1.60. The van der Waals surface area contributed by atoms with E-state index < -0.39 is 21.7 Å². The number of piperidine rings is 1. The van der Waals surface area contributed by atoms with Crippen LogP contribution in [0.4, 0.5) is 4.79 Å². The van der Waals surface area contributed by atoms with Crippen LogP contribution in [0.15, 0.2) is 30.3 Å². The zero-order chi connectivity index (χ0) is 18.5. The van der Waals surface area contributed by atoms with E-state index in [1.54, 1.807) is 25.1 Å². The standard InChI is InChI=1S/C18H28N2O4S/c1-18(2,3)24-17(21)19-13-16-11-7-8-12-20(16)25(22,23)14-15-9-5-4-6-10-15/h4-6,9-10,16H,7-8,11-14H2,1-3H3,(H,19,21). The van der Waals surface area contributed by atoms with Crippen molar-refractivity contribution < 1.29 is 17.9 Å². The summed E-state index contributed by atoms with van der Waals surface area (Å²) in [5.41, 5.74) is 0.197. The Kier molecular flexibility index (Phi) is 6.46. The third-order valence-corrected chi connectivity index (χ3v) is 5.90. The van der Waals surface area contributed by atoms with E-state index in [0.29, 0.717) is 6.54 Å². The summed E-state index contributed by atoms with van der Waals surface area (Å²) in [5, 5.41) is 2.71. The van der Waals surface area contributed by atoms with Gasteiger partial charge in [0.1, 0.15) is 5.60 Å². The van der Waals surface area contributed by atoms with Crippen LogP contribution >= 0.6 is 0 Å². The van der Waals surface area contributed by atoms with E-state index in [1.165, 1.54) is 0 Å². The van der Waals surface area contributed by atoms with Crippen molar-refractivity contribution >= 4 is 16.1 Å². The Balaban J connectivity index is 2.00. The SMILES string of the molecule is CC(C)(C)OC(=O)NCC1CCCCN1S(=O)(=O)Cc1ccccc1. The van der Waals surface area contributed by atoms with E-state index in [-0.39, 0.29) is 18.3 Å². The van der Waals surface area contributed by atoms with Gasteiger partial charge in [0.05, 0.1) is 5.75 Å². The first-order valence-corrected chi connectivity index (χ1v) is 10.3. The molecule has 0 spiro atoms. The van der Waals surface area contributed by atoms with Crippen molar-refractivity contribution in [2.24, 2.45) is 0 Å². The Bertz CT molecular complexity index is 668. The predicted octanol–water partition coefficient (Wildman–Crippen LogP) is 2.90. The molecule has 1 N–H and O–H groups in total. The van der Waals surface area contributed by atoms with Crippen LogP contribution < -0.4 is 5.32 Å². The molecule has 1 heterocycles. The number of carbonyl (C=O) groups excluding carboxylic acids is 1. The van der Waals surface area contributed by atoms with E-state index >= 15 is 0 Å². The van der Waals surface area contributed by atoms with Gasteiger partial charge in [0.25, 0.3) is 0 Å².